The van der Waals surface area contributed by atoms with E-state index in [1.165, 1.54) is 0 Å². The maximum Gasteiger partial charge on any atom is 0.535 e. The predicted octanol–water partition coefficient (Wildman–Crippen LogP) is 3.68. The summed E-state index contributed by atoms with van der Waals surface area (Å²) in [4.78, 5) is 44.9. The molecule has 0 bridgehead atoms. The Labute approximate surface area is 278 Å². The number of fused-ring (bicyclic) bond motifs is 4. The van der Waals surface area contributed by atoms with Crippen LogP contribution in [0.5, 0.6) is 0 Å². The van der Waals surface area contributed by atoms with Gasteiger partial charge in [-0.15, -0.1) is 5.10 Å². The summed E-state index contributed by atoms with van der Waals surface area (Å²) in [6.45, 7) is 5.11. The molecule has 1 atom stereocenters. The number of rotatable bonds is 18. The summed E-state index contributed by atoms with van der Waals surface area (Å²) >= 11 is 0. The zero-order valence-corrected chi connectivity index (χ0v) is 27.2. The summed E-state index contributed by atoms with van der Waals surface area (Å²) in [5, 5.41) is 13.7. The van der Waals surface area contributed by atoms with E-state index >= 15 is 0 Å². The van der Waals surface area contributed by atoms with Gasteiger partial charge in [0.05, 0.1) is 26.4 Å². The number of methoxy groups -OCH3 is 1. The SMILES string of the molecule is CCOCCNC(=O)c1cccc2c1-c1ccc(CCCC(=O)NCCOCCOC)cc1C2COC(=O)On1nnc2ccccc21. The highest BCUT2D eigenvalue weighted by molar-refractivity contribution is 6.03. The van der Waals surface area contributed by atoms with Gasteiger partial charge in [0.15, 0.2) is 0 Å². The van der Waals surface area contributed by atoms with Crippen molar-refractivity contribution in [2.75, 3.05) is 59.8 Å². The normalized spacial score (nSPS) is 13.2. The quantitative estimate of drug-likeness (QED) is 0.0920. The molecule has 1 aromatic heterocycles. The number of nitrogens with zero attached hydrogens (tertiary/aromatic N) is 3. The van der Waals surface area contributed by atoms with E-state index in [4.69, 9.17) is 23.8 Å². The largest absolute Gasteiger partial charge is 0.535 e. The molecule has 13 heteroatoms. The summed E-state index contributed by atoms with van der Waals surface area (Å²) in [5.74, 6) is -0.604. The van der Waals surface area contributed by atoms with Crippen LogP contribution in [0.4, 0.5) is 4.79 Å². The first-order chi connectivity index (χ1) is 23.5. The van der Waals surface area contributed by atoms with Crippen LogP contribution in [-0.4, -0.2) is 93.0 Å². The van der Waals surface area contributed by atoms with E-state index in [1.807, 2.05) is 37.3 Å². The average molecular weight is 660 g/mol. The molecule has 3 aromatic carbocycles. The molecule has 0 saturated heterocycles. The number of carbonyl (C=O) groups excluding carboxylic acids is 3. The van der Waals surface area contributed by atoms with Crippen LogP contribution in [0.15, 0.2) is 60.7 Å². The van der Waals surface area contributed by atoms with Crippen LogP contribution in [0, 0.1) is 0 Å². The molecule has 2 N–H and O–H groups in total. The molecule has 1 unspecified atom stereocenters. The number of aromatic nitrogens is 3. The number of carbonyl (C=O) groups is 3. The van der Waals surface area contributed by atoms with E-state index in [0.717, 1.165) is 32.7 Å². The molecule has 48 heavy (non-hydrogen) atoms. The lowest BCUT2D eigenvalue weighted by Gasteiger charge is -2.15. The third kappa shape index (κ3) is 8.73. The highest BCUT2D eigenvalue weighted by Crippen LogP contribution is 2.47. The molecule has 0 radical (unpaired) electrons. The van der Waals surface area contributed by atoms with Gasteiger partial charge in [-0.25, -0.2) is 4.79 Å². The van der Waals surface area contributed by atoms with Gasteiger partial charge in [0.2, 0.25) is 5.91 Å². The van der Waals surface area contributed by atoms with Gasteiger partial charge < -0.3 is 29.6 Å². The summed E-state index contributed by atoms with van der Waals surface area (Å²) in [5.41, 5.74) is 6.14. The number of hydrogen-bond acceptors (Lipinski definition) is 10. The van der Waals surface area contributed by atoms with Crippen LogP contribution in [0.1, 0.15) is 52.7 Å². The number of benzene rings is 3. The van der Waals surface area contributed by atoms with E-state index in [9.17, 15) is 14.4 Å². The standard InChI is InChI=1S/C35H41N5O8/c1-3-45-18-17-37-34(42)27-10-7-9-25-29(23-47-35(43)48-40-31-12-5-4-11-30(31)38-39-40)28-22-24(14-15-26(28)33(25)27)8-6-13-32(41)36-16-19-46-21-20-44-2/h4-5,7,9-12,14-15,22,29H,3,6,8,13,16-21,23H2,1-2H3,(H,36,41)(H,37,42). The van der Waals surface area contributed by atoms with Crippen molar-refractivity contribution in [1.29, 1.82) is 0 Å². The molecule has 254 valence electrons. The number of nitrogens with one attached hydrogen (secondary N) is 2. The predicted molar refractivity (Wildman–Crippen MR) is 177 cm³/mol. The van der Waals surface area contributed by atoms with E-state index in [2.05, 4.69) is 27.0 Å². The molecule has 1 aliphatic carbocycles. The van der Waals surface area contributed by atoms with Gasteiger partial charge >= 0.3 is 6.16 Å². The zero-order valence-electron chi connectivity index (χ0n) is 27.2. The number of amides is 2. The summed E-state index contributed by atoms with van der Waals surface area (Å²) < 4.78 is 21.4. The second kappa shape index (κ2) is 17.3. The molecular weight excluding hydrogens is 618 g/mol. The lowest BCUT2D eigenvalue weighted by atomic mass is 9.95. The summed E-state index contributed by atoms with van der Waals surface area (Å²) in [7, 11) is 1.61. The summed E-state index contributed by atoms with van der Waals surface area (Å²) in [6, 6.07) is 18.7. The second-order valence-corrected chi connectivity index (χ2v) is 11.1. The van der Waals surface area contributed by atoms with Gasteiger partial charge in [-0.2, -0.15) is 0 Å². The maximum atomic E-state index is 13.3. The Balaban J connectivity index is 1.28. The van der Waals surface area contributed by atoms with Crippen molar-refractivity contribution in [2.45, 2.75) is 32.1 Å². The Kier molecular flexibility index (Phi) is 12.5. The van der Waals surface area contributed by atoms with Crippen LogP contribution >= 0.6 is 0 Å². The second-order valence-electron chi connectivity index (χ2n) is 11.1. The van der Waals surface area contributed by atoms with Gasteiger partial charge in [-0.3, -0.25) is 14.4 Å². The number of hydrogen-bond donors (Lipinski definition) is 2. The first-order valence-electron chi connectivity index (χ1n) is 16.1. The van der Waals surface area contributed by atoms with Gasteiger partial charge in [0, 0.05) is 44.7 Å². The molecule has 0 saturated carbocycles. The fourth-order valence-electron chi connectivity index (χ4n) is 5.67. The van der Waals surface area contributed by atoms with Gasteiger partial charge in [0.25, 0.3) is 5.91 Å². The average Bonchev–Trinajstić information content (AvgIpc) is 3.65. The van der Waals surface area contributed by atoms with Gasteiger partial charge in [0.1, 0.15) is 17.6 Å². The summed E-state index contributed by atoms with van der Waals surface area (Å²) in [6.07, 6.45) is 0.754. The highest BCUT2D eigenvalue weighted by atomic mass is 16.8. The Hall–Kier alpha value is -4.85. The van der Waals surface area contributed by atoms with Crippen molar-refractivity contribution in [2.24, 2.45) is 0 Å². The van der Waals surface area contributed by atoms with Crippen LogP contribution < -0.4 is 15.5 Å². The van der Waals surface area contributed by atoms with Crippen molar-refractivity contribution < 1.29 is 38.2 Å². The topological polar surface area (TPSA) is 152 Å². The van der Waals surface area contributed by atoms with Crippen LogP contribution in [0.25, 0.3) is 22.2 Å². The van der Waals surface area contributed by atoms with E-state index < -0.39 is 6.16 Å². The monoisotopic (exact) mass is 659 g/mol. The third-order valence-electron chi connectivity index (χ3n) is 7.93. The zero-order chi connectivity index (χ0) is 33.7. The molecule has 2 amide bonds. The van der Waals surface area contributed by atoms with Gasteiger partial charge in [-0.1, -0.05) is 47.3 Å². The molecule has 0 aliphatic heterocycles. The Morgan fingerprint density at radius 2 is 1.73 bits per heavy atom. The van der Waals surface area contributed by atoms with Gasteiger partial charge in [-0.05, 0) is 71.0 Å². The van der Waals surface area contributed by atoms with Crippen LogP contribution in [0.3, 0.4) is 0 Å². The van der Waals surface area contributed by atoms with E-state index in [1.54, 1.807) is 31.4 Å². The van der Waals surface area contributed by atoms with Crippen LogP contribution in [-0.2, 0) is 30.2 Å². The van der Waals surface area contributed by atoms with Crippen molar-refractivity contribution in [1.82, 2.24) is 25.8 Å². The lowest BCUT2D eigenvalue weighted by molar-refractivity contribution is -0.121. The molecule has 1 heterocycles. The Morgan fingerprint density at radius 1 is 0.896 bits per heavy atom. The molecular formula is C35H41N5O8. The first-order valence-corrected chi connectivity index (χ1v) is 16.1. The molecule has 5 rings (SSSR count). The van der Waals surface area contributed by atoms with E-state index in [0.29, 0.717) is 82.0 Å². The number of aryl methyl sites for hydroxylation is 1. The highest BCUT2D eigenvalue weighted by Gasteiger charge is 2.33. The smallest absolute Gasteiger partial charge is 0.432 e. The minimum Gasteiger partial charge on any atom is -0.432 e. The van der Waals surface area contributed by atoms with Crippen molar-refractivity contribution in [3.05, 3.63) is 82.9 Å². The number of ether oxygens (including phenoxy) is 4. The molecule has 13 nitrogen and oxygen atoms in total. The minimum atomic E-state index is -0.934. The number of para-hydroxylation sites is 1. The fourth-order valence-corrected chi connectivity index (χ4v) is 5.67. The fraction of sp³-hybridized carbons (Fsp3) is 0.400. The van der Waals surface area contributed by atoms with Crippen molar-refractivity contribution in [3.63, 3.8) is 0 Å². The van der Waals surface area contributed by atoms with Crippen molar-refractivity contribution in [3.8, 4) is 11.1 Å². The molecule has 1 aliphatic rings. The molecule has 0 spiro atoms. The Bertz CT molecular complexity index is 1710. The van der Waals surface area contributed by atoms with Crippen LogP contribution in [0.2, 0.25) is 0 Å². The Morgan fingerprint density at radius 3 is 2.58 bits per heavy atom. The first kappa shape index (κ1) is 34.5. The van der Waals surface area contributed by atoms with E-state index in [-0.39, 0.29) is 24.3 Å². The maximum absolute atomic E-state index is 13.3. The third-order valence-corrected chi connectivity index (χ3v) is 7.93. The molecule has 4 aromatic rings. The molecule has 0 fully saturated rings. The minimum absolute atomic E-state index is 0.0286. The van der Waals surface area contributed by atoms with Crippen molar-refractivity contribution >= 4 is 29.0 Å². The lowest BCUT2D eigenvalue weighted by Crippen LogP contribution is -2.27.